The van der Waals surface area contributed by atoms with Crippen molar-refractivity contribution in [3.8, 4) is 0 Å². The van der Waals surface area contributed by atoms with Crippen LogP contribution in [0.2, 0.25) is 0 Å². The Kier molecular flexibility index (Phi) is 5.76. The fraction of sp³-hybridized carbons (Fsp3) is 0.500. The van der Waals surface area contributed by atoms with E-state index in [2.05, 4.69) is 9.72 Å². The highest BCUT2D eigenvalue weighted by molar-refractivity contribution is 6.38. The van der Waals surface area contributed by atoms with Crippen LogP contribution in [0.1, 0.15) is 36.5 Å². The first-order valence-corrected chi connectivity index (χ1v) is 7.75. The lowest BCUT2D eigenvalue weighted by Gasteiger charge is -2.32. The maximum absolute atomic E-state index is 14.2. The van der Waals surface area contributed by atoms with Crippen LogP contribution in [0.15, 0.2) is 12.3 Å². The van der Waals surface area contributed by atoms with E-state index in [9.17, 15) is 27.6 Å². The number of halogens is 3. The summed E-state index contributed by atoms with van der Waals surface area (Å²) in [5, 5.41) is 0. The number of aromatic nitrogens is 1. The Hall–Kier alpha value is -2.45. The van der Waals surface area contributed by atoms with Gasteiger partial charge in [-0.2, -0.15) is 0 Å². The lowest BCUT2D eigenvalue weighted by Crippen LogP contribution is -2.40. The second-order valence-corrected chi connectivity index (χ2v) is 5.62. The Morgan fingerprint density at radius 3 is 2.48 bits per heavy atom. The van der Waals surface area contributed by atoms with Gasteiger partial charge in [-0.05, 0) is 13.0 Å². The summed E-state index contributed by atoms with van der Waals surface area (Å²) >= 11 is 0. The van der Waals surface area contributed by atoms with Crippen LogP contribution in [-0.4, -0.2) is 48.1 Å². The van der Waals surface area contributed by atoms with E-state index in [1.54, 1.807) is 0 Å². The van der Waals surface area contributed by atoms with E-state index in [1.165, 1.54) is 11.8 Å². The molecule has 1 aromatic rings. The lowest BCUT2D eigenvalue weighted by molar-refractivity contribution is -0.153. The Bertz CT molecular complexity index is 684. The minimum atomic E-state index is -2.77. The number of rotatable bonds is 6. The number of alkyl halides is 2. The molecular weight excluding hydrogens is 341 g/mol. The van der Waals surface area contributed by atoms with Crippen molar-refractivity contribution in [3.05, 3.63) is 23.6 Å². The summed E-state index contributed by atoms with van der Waals surface area (Å²) in [4.78, 5) is 39.8. The molecule has 1 fully saturated rings. The molecule has 0 aromatic carbocycles. The third kappa shape index (κ3) is 4.77. The molecule has 9 heteroatoms. The Labute approximate surface area is 142 Å². The number of anilines is 1. The number of hydrogen-bond donors (Lipinski definition) is 0. The third-order valence-corrected chi connectivity index (χ3v) is 3.76. The zero-order valence-electron chi connectivity index (χ0n) is 13.6. The van der Waals surface area contributed by atoms with Gasteiger partial charge >= 0.3 is 5.97 Å². The zero-order chi connectivity index (χ0) is 18.6. The number of hydrogen-bond acceptors (Lipinski definition) is 6. The highest BCUT2D eigenvalue weighted by atomic mass is 19.3. The number of carbonyl (C=O) groups excluding carboxylic acids is 3. The van der Waals surface area contributed by atoms with Gasteiger partial charge in [0.1, 0.15) is 0 Å². The van der Waals surface area contributed by atoms with Gasteiger partial charge in [0.2, 0.25) is 5.78 Å². The summed E-state index contributed by atoms with van der Waals surface area (Å²) in [6.45, 7) is 1.41. The van der Waals surface area contributed by atoms with Crippen LogP contribution in [0.4, 0.5) is 19.0 Å². The predicted molar refractivity (Wildman–Crippen MR) is 81.2 cm³/mol. The van der Waals surface area contributed by atoms with Crippen molar-refractivity contribution < 1.29 is 32.3 Å². The van der Waals surface area contributed by atoms with E-state index in [4.69, 9.17) is 0 Å². The molecule has 2 rings (SSSR count). The van der Waals surface area contributed by atoms with Crippen LogP contribution in [0, 0.1) is 5.82 Å². The molecule has 25 heavy (non-hydrogen) atoms. The number of ketones is 2. The SMILES string of the molecule is CCOC(=O)C(=O)CC(=O)c1cnc(N2CCC(F)(F)CC2)c(F)c1. The van der Waals surface area contributed by atoms with Crippen molar-refractivity contribution in [2.24, 2.45) is 0 Å². The van der Waals surface area contributed by atoms with Crippen LogP contribution in [0.25, 0.3) is 0 Å². The van der Waals surface area contributed by atoms with E-state index in [0.717, 1.165) is 12.3 Å². The van der Waals surface area contributed by atoms with E-state index in [0.29, 0.717) is 0 Å². The van der Waals surface area contributed by atoms with Crippen LogP contribution >= 0.6 is 0 Å². The molecule has 0 N–H and O–H groups in total. The number of carbonyl (C=O) groups is 3. The Morgan fingerprint density at radius 1 is 1.28 bits per heavy atom. The average Bonchev–Trinajstić information content (AvgIpc) is 2.55. The first kappa shape index (κ1) is 18.9. The highest BCUT2D eigenvalue weighted by Crippen LogP contribution is 2.30. The predicted octanol–water partition coefficient (Wildman–Crippen LogP) is 2.16. The minimum Gasteiger partial charge on any atom is -0.460 e. The van der Waals surface area contributed by atoms with E-state index >= 15 is 0 Å². The summed E-state index contributed by atoms with van der Waals surface area (Å²) in [5.74, 6) is -6.68. The van der Waals surface area contributed by atoms with Crippen molar-refractivity contribution >= 4 is 23.4 Å². The number of pyridine rings is 1. The van der Waals surface area contributed by atoms with Gasteiger partial charge in [0, 0.05) is 37.7 Å². The fourth-order valence-electron chi connectivity index (χ4n) is 2.39. The van der Waals surface area contributed by atoms with Gasteiger partial charge in [0.15, 0.2) is 17.4 Å². The molecule has 6 nitrogen and oxygen atoms in total. The third-order valence-electron chi connectivity index (χ3n) is 3.76. The molecule has 0 spiro atoms. The molecule has 2 heterocycles. The Balaban J connectivity index is 2.05. The van der Waals surface area contributed by atoms with Crippen molar-refractivity contribution in [1.82, 2.24) is 4.98 Å². The monoisotopic (exact) mass is 358 g/mol. The molecule has 1 aromatic heterocycles. The molecule has 0 saturated carbocycles. The van der Waals surface area contributed by atoms with Crippen molar-refractivity contribution in [2.45, 2.75) is 32.1 Å². The summed E-state index contributed by atoms with van der Waals surface area (Å²) in [6, 6.07) is 0.885. The first-order chi connectivity index (χ1) is 11.7. The number of esters is 1. The largest absolute Gasteiger partial charge is 0.460 e. The van der Waals surface area contributed by atoms with Crippen LogP contribution in [-0.2, 0) is 14.3 Å². The molecule has 1 aliphatic heterocycles. The molecule has 136 valence electrons. The first-order valence-electron chi connectivity index (χ1n) is 7.75. The molecule has 1 aliphatic rings. The molecule has 0 aliphatic carbocycles. The minimum absolute atomic E-state index is 0.00146. The maximum atomic E-state index is 14.2. The average molecular weight is 358 g/mol. The maximum Gasteiger partial charge on any atom is 0.375 e. The van der Waals surface area contributed by atoms with Crippen LogP contribution in [0.5, 0.6) is 0 Å². The highest BCUT2D eigenvalue weighted by Gasteiger charge is 2.35. The van der Waals surface area contributed by atoms with Gasteiger partial charge in [-0.1, -0.05) is 0 Å². The number of ether oxygens (including phenoxy) is 1. The summed E-state index contributed by atoms with van der Waals surface area (Å²) in [6.07, 6.45) is -0.493. The number of Topliss-reactive ketones (excluding diaryl/α,β-unsaturated/α-hetero) is 2. The topological polar surface area (TPSA) is 76.6 Å². The molecule has 1 saturated heterocycles. The molecule has 0 unspecified atom stereocenters. The van der Waals surface area contributed by atoms with Crippen molar-refractivity contribution in [3.63, 3.8) is 0 Å². The van der Waals surface area contributed by atoms with Gasteiger partial charge in [-0.25, -0.2) is 22.9 Å². The van der Waals surface area contributed by atoms with Crippen molar-refractivity contribution in [2.75, 3.05) is 24.6 Å². The molecule has 0 bridgehead atoms. The van der Waals surface area contributed by atoms with Gasteiger partial charge in [0.25, 0.3) is 5.92 Å². The molecule has 0 amide bonds. The standard InChI is InChI=1S/C16H17F3N2O4/c1-2-25-15(24)13(23)8-12(22)10-7-11(17)14(20-9-10)21-5-3-16(18,19)4-6-21/h7,9H,2-6,8H2,1H3. The van der Waals surface area contributed by atoms with E-state index < -0.39 is 48.5 Å². The smallest absolute Gasteiger partial charge is 0.375 e. The number of nitrogens with zero attached hydrogens (tertiary/aromatic N) is 2. The van der Waals surface area contributed by atoms with Gasteiger partial charge in [-0.15, -0.1) is 0 Å². The van der Waals surface area contributed by atoms with Crippen LogP contribution < -0.4 is 4.90 Å². The number of piperidine rings is 1. The summed E-state index contributed by atoms with van der Waals surface area (Å²) in [7, 11) is 0. The fourth-order valence-corrected chi connectivity index (χ4v) is 2.39. The summed E-state index contributed by atoms with van der Waals surface area (Å²) in [5.41, 5.74) is -0.179. The van der Waals surface area contributed by atoms with E-state index in [-0.39, 0.29) is 31.1 Å². The molecular formula is C16H17F3N2O4. The van der Waals surface area contributed by atoms with Gasteiger partial charge < -0.3 is 9.64 Å². The van der Waals surface area contributed by atoms with Crippen LogP contribution in [0.3, 0.4) is 0 Å². The Morgan fingerprint density at radius 2 is 1.92 bits per heavy atom. The van der Waals surface area contributed by atoms with Gasteiger partial charge in [0.05, 0.1) is 13.0 Å². The zero-order valence-corrected chi connectivity index (χ0v) is 13.6. The lowest BCUT2D eigenvalue weighted by atomic mass is 10.1. The van der Waals surface area contributed by atoms with E-state index in [1.807, 2.05) is 0 Å². The molecule has 0 atom stereocenters. The second-order valence-electron chi connectivity index (χ2n) is 5.62. The summed E-state index contributed by atoms with van der Waals surface area (Å²) < 4.78 is 45.0. The molecule has 0 radical (unpaired) electrons. The van der Waals surface area contributed by atoms with Gasteiger partial charge in [-0.3, -0.25) is 9.59 Å². The quantitative estimate of drug-likeness (QED) is 0.336. The normalized spacial score (nSPS) is 16.4. The van der Waals surface area contributed by atoms with Crippen molar-refractivity contribution in [1.29, 1.82) is 0 Å². The second kappa shape index (κ2) is 7.62.